The van der Waals surface area contributed by atoms with E-state index in [9.17, 15) is 4.79 Å². The molecule has 2 rings (SSSR count). The summed E-state index contributed by atoms with van der Waals surface area (Å²) in [5, 5.41) is 12.2. The molecule has 0 radical (unpaired) electrons. The maximum atomic E-state index is 10.7. The molecule has 2 N–H and O–H groups in total. The van der Waals surface area contributed by atoms with Crippen LogP contribution in [-0.4, -0.2) is 31.8 Å². The van der Waals surface area contributed by atoms with E-state index in [4.69, 9.17) is 14.6 Å². The third-order valence-corrected chi connectivity index (χ3v) is 3.81. The Morgan fingerprint density at radius 2 is 1.42 bits per heavy atom. The summed E-state index contributed by atoms with van der Waals surface area (Å²) in [4.78, 5) is 10.7. The van der Waals surface area contributed by atoms with Crippen LogP contribution in [0.4, 0.5) is 0 Å². The Balaban J connectivity index is 2.16. The van der Waals surface area contributed by atoms with Crippen molar-refractivity contribution in [3.63, 3.8) is 0 Å². The predicted octanol–water partition coefficient (Wildman–Crippen LogP) is 3.25. The summed E-state index contributed by atoms with van der Waals surface area (Å²) >= 11 is 0. The summed E-state index contributed by atoms with van der Waals surface area (Å²) < 4.78 is 10.4. The Bertz CT molecular complexity index is 590. The van der Waals surface area contributed by atoms with E-state index in [1.54, 1.807) is 14.2 Å². The predicted molar refractivity (Wildman–Crippen MR) is 92.7 cm³/mol. The number of carboxylic acid groups (broad SMARTS) is 1. The minimum Gasteiger partial charge on any atom is -0.497 e. The molecule has 0 spiro atoms. The summed E-state index contributed by atoms with van der Waals surface area (Å²) in [6.07, 6.45) is 0.739. The van der Waals surface area contributed by atoms with E-state index in [0.29, 0.717) is 13.0 Å². The van der Waals surface area contributed by atoms with Gasteiger partial charge in [-0.3, -0.25) is 4.79 Å². The van der Waals surface area contributed by atoms with E-state index in [1.807, 2.05) is 48.5 Å². The number of hydrogen-bond donors (Lipinski definition) is 2. The summed E-state index contributed by atoms with van der Waals surface area (Å²) in [6.45, 7) is 0.620. The van der Waals surface area contributed by atoms with Crippen molar-refractivity contribution in [3.05, 3.63) is 59.7 Å². The van der Waals surface area contributed by atoms with Gasteiger partial charge in [-0.25, -0.2) is 0 Å². The van der Waals surface area contributed by atoms with Crippen molar-refractivity contribution in [2.45, 2.75) is 18.9 Å². The fourth-order valence-electron chi connectivity index (χ4n) is 2.51. The number of ether oxygens (including phenoxy) is 2. The number of rotatable bonds is 9. The maximum Gasteiger partial charge on any atom is 0.303 e. The highest BCUT2D eigenvalue weighted by Crippen LogP contribution is 2.25. The van der Waals surface area contributed by atoms with Gasteiger partial charge >= 0.3 is 5.97 Å². The molecule has 0 fully saturated rings. The molecule has 0 aliphatic heterocycles. The van der Waals surface area contributed by atoms with Gasteiger partial charge in [0.15, 0.2) is 0 Å². The first-order chi connectivity index (χ1) is 11.6. The standard InChI is InChI=1S/C19H23NO4/c1-23-16-9-5-14(6-10-16)19(20-13-3-4-18(21)22)15-7-11-17(24-2)12-8-15/h5-12,19-20H,3-4,13H2,1-2H3,(H,21,22). The number of carboxylic acids is 1. The van der Waals surface area contributed by atoms with Gasteiger partial charge in [0.05, 0.1) is 20.3 Å². The minimum atomic E-state index is -0.776. The van der Waals surface area contributed by atoms with Crippen molar-refractivity contribution in [2.75, 3.05) is 20.8 Å². The first-order valence-electron chi connectivity index (χ1n) is 7.87. The van der Waals surface area contributed by atoms with Crippen molar-refractivity contribution < 1.29 is 19.4 Å². The zero-order valence-corrected chi connectivity index (χ0v) is 14.0. The second-order valence-corrected chi connectivity index (χ2v) is 5.43. The molecule has 24 heavy (non-hydrogen) atoms. The lowest BCUT2D eigenvalue weighted by molar-refractivity contribution is -0.137. The maximum absolute atomic E-state index is 10.7. The molecular formula is C19H23NO4. The second kappa shape index (κ2) is 8.93. The molecule has 5 heteroatoms. The molecule has 0 amide bonds. The van der Waals surface area contributed by atoms with Gasteiger partial charge in [0.2, 0.25) is 0 Å². The number of aliphatic carboxylic acids is 1. The van der Waals surface area contributed by atoms with Crippen LogP contribution in [0.1, 0.15) is 30.0 Å². The van der Waals surface area contributed by atoms with Crippen LogP contribution in [0.5, 0.6) is 11.5 Å². The van der Waals surface area contributed by atoms with E-state index < -0.39 is 5.97 Å². The Labute approximate surface area is 142 Å². The lowest BCUT2D eigenvalue weighted by Gasteiger charge is -2.20. The summed E-state index contributed by atoms with van der Waals surface area (Å²) in [6, 6.07) is 15.7. The van der Waals surface area contributed by atoms with Gasteiger partial charge in [-0.1, -0.05) is 24.3 Å². The lowest BCUT2D eigenvalue weighted by atomic mass is 9.98. The van der Waals surface area contributed by atoms with Crippen molar-refractivity contribution in [2.24, 2.45) is 0 Å². The third-order valence-electron chi connectivity index (χ3n) is 3.81. The number of carbonyl (C=O) groups is 1. The van der Waals surface area contributed by atoms with Crippen LogP contribution in [0, 0.1) is 0 Å². The van der Waals surface area contributed by atoms with E-state index in [2.05, 4.69) is 5.32 Å². The first kappa shape index (κ1) is 17.8. The number of nitrogens with one attached hydrogen (secondary N) is 1. The summed E-state index contributed by atoms with van der Waals surface area (Å²) in [7, 11) is 3.28. The summed E-state index contributed by atoms with van der Waals surface area (Å²) in [5.41, 5.74) is 2.19. The van der Waals surface area contributed by atoms with Crippen LogP contribution >= 0.6 is 0 Å². The average Bonchev–Trinajstić information content (AvgIpc) is 2.62. The molecule has 0 saturated heterocycles. The molecule has 5 nitrogen and oxygen atoms in total. The monoisotopic (exact) mass is 329 g/mol. The van der Waals surface area contributed by atoms with Crippen LogP contribution in [0.2, 0.25) is 0 Å². The zero-order valence-electron chi connectivity index (χ0n) is 14.0. The fourth-order valence-corrected chi connectivity index (χ4v) is 2.51. The molecule has 0 aromatic heterocycles. The molecule has 0 aliphatic carbocycles. The van der Waals surface area contributed by atoms with Crippen molar-refractivity contribution >= 4 is 5.97 Å². The highest BCUT2D eigenvalue weighted by atomic mass is 16.5. The Kier molecular flexibility index (Phi) is 6.63. The summed E-state index contributed by atoms with van der Waals surface area (Å²) in [5.74, 6) is 0.832. The molecule has 0 unspecified atom stereocenters. The topological polar surface area (TPSA) is 67.8 Å². The van der Waals surface area contributed by atoms with Crippen LogP contribution < -0.4 is 14.8 Å². The van der Waals surface area contributed by atoms with Crippen LogP contribution in [0.15, 0.2) is 48.5 Å². The second-order valence-electron chi connectivity index (χ2n) is 5.43. The Morgan fingerprint density at radius 3 is 1.79 bits per heavy atom. The third kappa shape index (κ3) is 4.99. The van der Waals surface area contributed by atoms with Crippen LogP contribution in [0.3, 0.4) is 0 Å². The van der Waals surface area contributed by atoms with Gasteiger partial charge in [-0.15, -0.1) is 0 Å². The number of hydrogen-bond acceptors (Lipinski definition) is 4. The number of methoxy groups -OCH3 is 2. The lowest BCUT2D eigenvalue weighted by Crippen LogP contribution is -2.24. The molecular weight excluding hydrogens is 306 g/mol. The highest BCUT2D eigenvalue weighted by Gasteiger charge is 2.14. The van der Waals surface area contributed by atoms with E-state index in [-0.39, 0.29) is 12.5 Å². The van der Waals surface area contributed by atoms with Gasteiger partial charge < -0.3 is 19.9 Å². The normalized spacial score (nSPS) is 10.6. The first-order valence-corrected chi connectivity index (χ1v) is 7.87. The fraction of sp³-hybridized carbons (Fsp3) is 0.316. The van der Waals surface area contributed by atoms with Crippen molar-refractivity contribution in [3.8, 4) is 11.5 Å². The quantitative estimate of drug-likeness (QED) is 0.691. The van der Waals surface area contributed by atoms with E-state index >= 15 is 0 Å². The van der Waals surface area contributed by atoms with Crippen LogP contribution in [0.25, 0.3) is 0 Å². The zero-order chi connectivity index (χ0) is 17.4. The molecule has 0 bridgehead atoms. The van der Waals surface area contributed by atoms with Crippen LogP contribution in [-0.2, 0) is 4.79 Å². The number of benzene rings is 2. The Morgan fingerprint density at radius 1 is 0.958 bits per heavy atom. The SMILES string of the molecule is COc1ccc(C(NCCCC(=O)O)c2ccc(OC)cc2)cc1. The smallest absolute Gasteiger partial charge is 0.303 e. The largest absolute Gasteiger partial charge is 0.497 e. The minimum absolute atomic E-state index is 0.0180. The Hall–Kier alpha value is -2.53. The van der Waals surface area contributed by atoms with Gasteiger partial charge in [0, 0.05) is 6.42 Å². The van der Waals surface area contributed by atoms with Crippen molar-refractivity contribution in [1.82, 2.24) is 5.32 Å². The highest BCUT2D eigenvalue weighted by molar-refractivity contribution is 5.66. The van der Waals surface area contributed by atoms with E-state index in [0.717, 1.165) is 22.6 Å². The average molecular weight is 329 g/mol. The van der Waals surface area contributed by atoms with Gasteiger partial charge in [-0.2, -0.15) is 0 Å². The van der Waals surface area contributed by atoms with E-state index in [1.165, 1.54) is 0 Å². The molecule has 2 aromatic carbocycles. The molecule has 0 atom stereocenters. The van der Waals surface area contributed by atoms with Gasteiger partial charge in [-0.05, 0) is 48.4 Å². The van der Waals surface area contributed by atoms with Gasteiger partial charge in [0.1, 0.15) is 11.5 Å². The van der Waals surface area contributed by atoms with Crippen molar-refractivity contribution in [1.29, 1.82) is 0 Å². The molecule has 0 heterocycles. The molecule has 0 saturated carbocycles. The van der Waals surface area contributed by atoms with Gasteiger partial charge in [0.25, 0.3) is 0 Å². The molecule has 2 aromatic rings. The molecule has 0 aliphatic rings. The molecule has 128 valence electrons.